The summed E-state index contributed by atoms with van der Waals surface area (Å²) in [6.07, 6.45) is 3.94. The third kappa shape index (κ3) is 6.46. The molecule has 3 aromatic rings. The number of hydrogen-bond donors (Lipinski definition) is 1. The molecule has 1 N–H and O–H groups in total. The SMILES string of the molecule is C=CCC[C@@H](O)CN(CCC)Cc1c(C)nn(-c2ccccc2)c1Oc1ccccc1OC. The summed E-state index contributed by atoms with van der Waals surface area (Å²) in [7, 11) is 1.64. The van der Waals surface area contributed by atoms with E-state index in [1.807, 2.05) is 72.3 Å². The van der Waals surface area contributed by atoms with E-state index in [0.29, 0.717) is 36.9 Å². The number of ether oxygens (including phenoxy) is 2. The van der Waals surface area contributed by atoms with Crippen LogP contribution in [0.5, 0.6) is 17.4 Å². The van der Waals surface area contributed by atoms with Crippen molar-refractivity contribution < 1.29 is 14.6 Å². The minimum atomic E-state index is -0.405. The lowest BCUT2D eigenvalue weighted by Crippen LogP contribution is -2.33. The van der Waals surface area contributed by atoms with Gasteiger partial charge in [-0.15, -0.1) is 6.58 Å². The highest BCUT2D eigenvalue weighted by molar-refractivity contribution is 5.47. The second-order valence-corrected chi connectivity index (χ2v) is 8.12. The van der Waals surface area contributed by atoms with E-state index in [-0.39, 0.29) is 0 Å². The van der Waals surface area contributed by atoms with E-state index >= 15 is 0 Å². The van der Waals surface area contributed by atoms with Gasteiger partial charge in [-0.3, -0.25) is 4.90 Å². The van der Waals surface area contributed by atoms with Crippen molar-refractivity contribution in [3.05, 3.63) is 78.5 Å². The van der Waals surface area contributed by atoms with E-state index in [1.165, 1.54) is 0 Å². The van der Waals surface area contributed by atoms with Crippen LogP contribution in [0.15, 0.2) is 67.3 Å². The first-order valence-electron chi connectivity index (χ1n) is 11.5. The van der Waals surface area contributed by atoms with E-state index in [9.17, 15) is 5.11 Å². The monoisotopic (exact) mass is 449 g/mol. The summed E-state index contributed by atoms with van der Waals surface area (Å²) in [5.41, 5.74) is 2.81. The molecule has 0 amide bonds. The Morgan fingerprint density at radius 2 is 1.82 bits per heavy atom. The molecule has 1 heterocycles. The summed E-state index contributed by atoms with van der Waals surface area (Å²) < 4.78 is 13.8. The topological polar surface area (TPSA) is 59.8 Å². The lowest BCUT2D eigenvalue weighted by Gasteiger charge is -2.25. The van der Waals surface area contributed by atoms with E-state index in [0.717, 1.165) is 36.3 Å². The van der Waals surface area contributed by atoms with Crippen molar-refractivity contribution in [1.29, 1.82) is 0 Å². The van der Waals surface area contributed by atoms with Crippen LogP contribution in [0.3, 0.4) is 0 Å². The van der Waals surface area contributed by atoms with Crippen LogP contribution in [0, 0.1) is 6.92 Å². The minimum Gasteiger partial charge on any atom is -0.493 e. The number of aliphatic hydroxyl groups is 1. The number of para-hydroxylation sites is 3. The number of aromatic nitrogens is 2. The van der Waals surface area contributed by atoms with Crippen LogP contribution in [0.25, 0.3) is 5.69 Å². The lowest BCUT2D eigenvalue weighted by atomic mass is 10.1. The number of nitrogens with zero attached hydrogens (tertiary/aromatic N) is 3. The molecule has 0 aliphatic carbocycles. The van der Waals surface area contributed by atoms with Crippen LogP contribution in [0.2, 0.25) is 0 Å². The number of benzene rings is 2. The molecule has 0 unspecified atom stereocenters. The number of rotatable bonds is 13. The van der Waals surface area contributed by atoms with Crippen molar-refractivity contribution in [2.75, 3.05) is 20.2 Å². The summed E-state index contributed by atoms with van der Waals surface area (Å²) in [5, 5.41) is 15.3. The first-order valence-corrected chi connectivity index (χ1v) is 11.5. The first-order chi connectivity index (χ1) is 16.1. The Labute approximate surface area is 197 Å². The summed E-state index contributed by atoms with van der Waals surface area (Å²) in [6, 6.07) is 17.6. The van der Waals surface area contributed by atoms with Gasteiger partial charge < -0.3 is 14.6 Å². The quantitative estimate of drug-likeness (QED) is 0.348. The maximum absolute atomic E-state index is 10.5. The molecular formula is C27H35N3O3. The Kier molecular flexibility index (Phi) is 9.10. The van der Waals surface area contributed by atoms with E-state index in [2.05, 4.69) is 18.4 Å². The van der Waals surface area contributed by atoms with Gasteiger partial charge in [0.1, 0.15) is 0 Å². The summed E-state index contributed by atoms with van der Waals surface area (Å²) >= 11 is 0. The van der Waals surface area contributed by atoms with Crippen LogP contribution >= 0.6 is 0 Å². The fourth-order valence-electron chi connectivity index (χ4n) is 3.85. The zero-order valence-electron chi connectivity index (χ0n) is 19.9. The van der Waals surface area contributed by atoms with Crippen molar-refractivity contribution in [2.24, 2.45) is 0 Å². The van der Waals surface area contributed by atoms with E-state index in [4.69, 9.17) is 14.6 Å². The van der Waals surface area contributed by atoms with Crippen molar-refractivity contribution in [1.82, 2.24) is 14.7 Å². The Balaban J connectivity index is 1.99. The van der Waals surface area contributed by atoms with Crippen molar-refractivity contribution in [2.45, 2.75) is 45.8 Å². The first kappa shape index (κ1) is 24.6. The molecule has 176 valence electrons. The highest BCUT2D eigenvalue weighted by Crippen LogP contribution is 2.36. The van der Waals surface area contributed by atoms with Gasteiger partial charge in [-0.25, -0.2) is 4.68 Å². The molecule has 0 fully saturated rings. The Hall–Kier alpha value is -3.09. The standard InChI is InChI=1S/C27H35N3O3/c1-5-7-15-23(31)19-29(18-6-2)20-24-21(3)28-30(22-13-9-8-10-14-22)27(24)33-26-17-12-11-16-25(26)32-4/h5,8-14,16-17,23,31H,1,6-7,15,18-20H2,2-4H3/t23-/m1/s1. The summed E-state index contributed by atoms with van der Waals surface area (Å²) in [5.74, 6) is 1.95. The molecule has 0 spiro atoms. The number of hydrogen-bond acceptors (Lipinski definition) is 5. The van der Waals surface area contributed by atoms with Crippen LogP contribution in [0.1, 0.15) is 37.4 Å². The highest BCUT2D eigenvalue weighted by Gasteiger charge is 2.23. The molecule has 6 heteroatoms. The molecule has 33 heavy (non-hydrogen) atoms. The minimum absolute atomic E-state index is 0.405. The van der Waals surface area contributed by atoms with Crippen molar-refractivity contribution in [3.8, 4) is 23.1 Å². The van der Waals surface area contributed by atoms with Crippen LogP contribution in [0.4, 0.5) is 0 Å². The van der Waals surface area contributed by atoms with Gasteiger partial charge in [0, 0.05) is 13.1 Å². The average molecular weight is 450 g/mol. The predicted octanol–water partition coefficient (Wildman–Crippen LogP) is 5.52. The zero-order chi connectivity index (χ0) is 23.6. The predicted molar refractivity (Wildman–Crippen MR) is 132 cm³/mol. The summed E-state index contributed by atoms with van der Waals surface area (Å²) in [6.45, 7) is 10.00. The van der Waals surface area contributed by atoms with Gasteiger partial charge in [-0.1, -0.05) is 43.3 Å². The van der Waals surface area contributed by atoms with Crippen LogP contribution in [-0.4, -0.2) is 46.1 Å². The fraction of sp³-hybridized carbons (Fsp3) is 0.370. The Morgan fingerprint density at radius 1 is 1.12 bits per heavy atom. The molecule has 1 aromatic heterocycles. The molecule has 2 aromatic carbocycles. The molecule has 0 saturated carbocycles. The molecule has 0 bridgehead atoms. The number of methoxy groups -OCH3 is 1. The lowest BCUT2D eigenvalue weighted by molar-refractivity contribution is 0.102. The largest absolute Gasteiger partial charge is 0.493 e. The Bertz CT molecular complexity index is 1020. The van der Waals surface area contributed by atoms with Gasteiger partial charge in [0.25, 0.3) is 0 Å². The second kappa shape index (κ2) is 12.2. The van der Waals surface area contributed by atoms with Gasteiger partial charge in [0.2, 0.25) is 5.88 Å². The maximum Gasteiger partial charge on any atom is 0.227 e. The highest BCUT2D eigenvalue weighted by atomic mass is 16.5. The zero-order valence-corrected chi connectivity index (χ0v) is 19.9. The number of aryl methyl sites for hydroxylation is 1. The van der Waals surface area contributed by atoms with Gasteiger partial charge in [0.15, 0.2) is 11.5 Å². The van der Waals surface area contributed by atoms with Gasteiger partial charge in [-0.05, 0) is 57.0 Å². The fourth-order valence-corrected chi connectivity index (χ4v) is 3.85. The molecular weight excluding hydrogens is 414 g/mol. The smallest absolute Gasteiger partial charge is 0.227 e. The van der Waals surface area contributed by atoms with Gasteiger partial charge >= 0.3 is 0 Å². The summed E-state index contributed by atoms with van der Waals surface area (Å²) in [4.78, 5) is 2.27. The van der Waals surface area contributed by atoms with Crippen LogP contribution in [-0.2, 0) is 6.54 Å². The Morgan fingerprint density at radius 3 is 2.48 bits per heavy atom. The molecule has 0 saturated heterocycles. The van der Waals surface area contributed by atoms with Gasteiger partial charge in [-0.2, -0.15) is 5.10 Å². The molecule has 0 aliphatic rings. The third-order valence-electron chi connectivity index (χ3n) is 5.51. The van der Waals surface area contributed by atoms with Crippen LogP contribution < -0.4 is 9.47 Å². The average Bonchev–Trinajstić information content (AvgIpc) is 3.13. The molecule has 3 rings (SSSR count). The molecule has 0 radical (unpaired) electrons. The van der Waals surface area contributed by atoms with Crippen molar-refractivity contribution >= 4 is 0 Å². The second-order valence-electron chi connectivity index (χ2n) is 8.12. The maximum atomic E-state index is 10.5. The molecule has 6 nitrogen and oxygen atoms in total. The van der Waals surface area contributed by atoms with E-state index in [1.54, 1.807) is 7.11 Å². The molecule has 1 atom stereocenters. The molecule has 0 aliphatic heterocycles. The van der Waals surface area contributed by atoms with Crippen molar-refractivity contribution in [3.63, 3.8) is 0 Å². The normalized spacial score (nSPS) is 12.0. The third-order valence-corrected chi connectivity index (χ3v) is 5.51. The van der Waals surface area contributed by atoms with E-state index < -0.39 is 6.10 Å². The number of aliphatic hydroxyl groups excluding tert-OH is 1. The van der Waals surface area contributed by atoms with Gasteiger partial charge in [0.05, 0.1) is 30.2 Å². The number of allylic oxidation sites excluding steroid dienone is 1.